The van der Waals surface area contributed by atoms with Gasteiger partial charge in [0.05, 0.1) is 6.33 Å². The molecule has 0 aliphatic rings. The van der Waals surface area contributed by atoms with Crippen LogP contribution >= 0.6 is 11.8 Å². The molecule has 0 saturated carbocycles. The molecule has 4 heteroatoms. The SMILES string of the molecule is CC(N)CCSCc1ccc(-n2ccnc2)cc1. The molecule has 1 aromatic carbocycles. The third kappa shape index (κ3) is 3.89. The van der Waals surface area contributed by atoms with Crippen molar-refractivity contribution in [2.24, 2.45) is 5.73 Å². The monoisotopic (exact) mass is 261 g/mol. The Morgan fingerprint density at radius 2 is 2.11 bits per heavy atom. The Labute approximate surface area is 112 Å². The van der Waals surface area contributed by atoms with Crippen LogP contribution in [-0.2, 0) is 5.75 Å². The number of aromatic nitrogens is 2. The molecule has 0 amide bonds. The van der Waals surface area contributed by atoms with Crippen LogP contribution in [0.25, 0.3) is 5.69 Å². The van der Waals surface area contributed by atoms with Crippen LogP contribution in [0.5, 0.6) is 0 Å². The van der Waals surface area contributed by atoms with Gasteiger partial charge in [0.2, 0.25) is 0 Å². The van der Waals surface area contributed by atoms with Crippen molar-refractivity contribution < 1.29 is 0 Å². The van der Waals surface area contributed by atoms with Gasteiger partial charge in [0.25, 0.3) is 0 Å². The Hall–Kier alpha value is -1.26. The maximum absolute atomic E-state index is 5.72. The topological polar surface area (TPSA) is 43.8 Å². The first kappa shape index (κ1) is 13.2. The van der Waals surface area contributed by atoms with E-state index in [9.17, 15) is 0 Å². The van der Waals surface area contributed by atoms with Crippen LogP contribution in [0.4, 0.5) is 0 Å². The molecule has 2 rings (SSSR count). The van der Waals surface area contributed by atoms with Gasteiger partial charge >= 0.3 is 0 Å². The fourth-order valence-corrected chi connectivity index (χ4v) is 2.75. The average molecular weight is 261 g/mol. The van der Waals surface area contributed by atoms with E-state index >= 15 is 0 Å². The molecule has 0 saturated heterocycles. The van der Waals surface area contributed by atoms with E-state index in [0.29, 0.717) is 6.04 Å². The first-order valence-electron chi connectivity index (χ1n) is 6.16. The van der Waals surface area contributed by atoms with Gasteiger partial charge in [-0.25, -0.2) is 4.98 Å². The van der Waals surface area contributed by atoms with Gasteiger partial charge in [-0.05, 0) is 36.8 Å². The van der Waals surface area contributed by atoms with Crippen molar-refractivity contribution in [2.75, 3.05) is 5.75 Å². The standard InChI is InChI=1S/C14H19N3S/c1-12(15)6-9-18-10-13-2-4-14(5-3-13)17-8-7-16-11-17/h2-5,7-8,11-12H,6,9-10,15H2,1H3. The zero-order valence-electron chi connectivity index (χ0n) is 10.6. The number of imidazole rings is 1. The molecule has 0 aliphatic heterocycles. The Kier molecular flexibility index (Phi) is 4.84. The lowest BCUT2D eigenvalue weighted by molar-refractivity contribution is 0.721. The van der Waals surface area contributed by atoms with Crippen LogP contribution in [0.3, 0.4) is 0 Å². The third-order valence-electron chi connectivity index (χ3n) is 2.73. The lowest BCUT2D eigenvalue weighted by atomic mass is 10.2. The summed E-state index contributed by atoms with van der Waals surface area (Å²) in [5.74, 6) is 2.18. The molecule has 2 aromatic rings. The summed E-state index contributed by atoms with van der Waals surface area (Å²) in [6, 6.07) is 8.91. The van der Waals surface area contributed by atoms with Crippen molar-refractivity contribution in [1.29, 1.82) is 0 Å². The zero-order chi connectivity index (χ0) is 12.8. The molecule has 0 fully saturated rings. The summed E-state index contributed by atoms with van der Waals surface area (Å²) < 4.78 is 2.01. The number of rotatable bonds is 6. The van der Waals surface area contributed by atoms with E-state index < -0.39 is 0 Å². The molecule has 0 bridgehead atoms. The smallest absolute Gasteiger partial charge is 0.0991 e. The molecule has 1 heterocycles. The first-order chi connectivity index (χ1) is 8.75. The summed E-state index contributed by atoms with van der Waals surface area (Å²) in [4.78, 5) is 4.05. The summed E-state index contributed by atoms with van der Waals surface area (Å²) >= 11 is 1.94. The minimum Gasteiger partial charge on any atom is -0.328 e. The lowest BCUT2D eigenvalue weighted by Crippen LogP contribution is -2.15. The van der Waals surface area contributed by atoms with Crippen LogP contribution in [0.1, 0.15) is 18.9 Å². The Morgan fingerprint density at radius 1 is 1.33 bits per heavy atom. The van der Waals surface area contributed by atoms with Gasteiger partial charge in [0, 0.05) is 29.9 Å². The number of hydrogen-bond donors (Lipinski definition) is 1. The number of thioether (sulfide) groups is 1. The van der Waals surface area contributed by atoms with E-state index in [1.165, 1.54) is 5.56 Å². The first-order valence-corrected chi connectivity index (χ1v) is 7.32. The van der Waals surface area contributed by atoms with Crippen LogP contribution in [0.2, 0.25) is 0 Å². The fourth-order valence-electron chi connectivity index (χ4n) is 1.64. The van der Waals surface area contributed by atoms with Gasteiger partial charge in [0.15, 0.2) is 0 Å². The zero-order valence-corrected chi connectivity index (χ0v) is 11.4. The van der Waals surface area contributed by atoms with Gasteiger partial charge in [0.1, 0.15) is 0 Å². The molecule has 1 unspecified atom stereocenters. The molecule has 0 aliphatic carbocycles. The van der Waals surface area contributed by atoms with Crippen LogP contribution in [0.15, 0.2) is 43.0 Å². The van der Waals surface area contributed by atoms with Crippen molar-refractivity contribution in [3.63, 3.8) is 0 Å². The van der Waals surface area contributed by atoms with Gasteiger partial charge in [-0.3, -0.25) is 0 Å². The number of benzene rings is 1. The molecule has 96 valence electrons. The molecular formula is C14H19N3S. The molecule has 1 aromatic heterocycles. The van der Waals surface area contributed by atoms with Gasteiger partial charge < -0.3 is 10.3 Å². The molecule has 18 heavy (non-hydrogen) atoms. The summed E-state index contributed by atoms with van der Waals surface area (Å²) in [6.07, 6.45) is 6.63. The van der Waals surface area contributed by atoms with Crippen LogP contribution < -0.4 is 5.73 Å². The Bertz CT molecular complexity index is 448. The normalized spacial score (nSPS) is 12.6. The maximum Gasteiger partial charge on any atom is 0.0991 e. The van der Waals surface area contributed by atoms with Crippen molar-refractivity contribution in [2.45, 2.75) is 25.1 Å². The molecule has 0 radical (unpaired) electrons. The van der Waals surface area contributed by atoms with Crippen LogP contribution in [-0.4, -0.2) is 21.3 Å². The van der Waals surface area contributed by atoms with Crippen molar-refractivity contribution in [3.05, 3.63) is 48.5 Å². The maximum atomic E-state index is 5.72. The van der Waals surface area contributed by atoms with E-state index in [1.54, 1.807) is 6.20 Å². The molecule has 1 atom stereocenters. The quantitative estimate of drug-likeness (QED) is 0.813. The highest BCUT2D eigenvalue weighted by atomic mass is 32.2. The van der Waals surface area contributed by atoms with Gasteiger partial charge in [-0.15, -0.1) is 0 Å². The third-order valence-corrected chi connectivity index (χ3v) is 3.79. The van der Waals surface area contributed by atoms with Gasteiger partial charge in [-0.2, -0.15) is 11.8 Å². The summed E-state index contributed by atoms with van der Waals surface area (Å²) in [6.45, 7) is 2.06. The summed E-state index contributed by atoms with van der Waals surface area (Å²) in [7, 11) is 0. The van der Waals surface area contributed by atoms with Crippen molar-refractivity contribution in [3.8, 4) is 5.69 Å². The Morgan fingerprint density at radius 3 is 2.72 bits per heavy atom. The average Bonchev–Trinajstić information content (AvgIpc) is 2.89. The van der Waals surface area contributed by atoms with E-state index in [0.717, 1.165) is 23.6 Å². The van der Waals surface area contributed by atoms with E-state index in [1.807, 2.05) is 28.9 Å². The molecular weight excluding hydrogens is 242 g/mol. The highest BCUT2D eigenvalue weighted by Crippen LogP contribution is 2.16. The van der Waals surface area contributed by atoms with Crippen molar-refractivity contribution in [1.82, 2.24) is 9.55 Å². The Balaban J connectivity index is 1.84. The predicted octanol–water partition coefficient (Wildman–Crippen LogP) is 2.84. The van der Waals surface area contributed by atoms with E-state index in [-0.39, 0.29) is 0 Å². The lowest BCUT2D eigenvalue weighted by Gasteiger charge is -2.06. The fraction of sp³-hybridized carbons (Fsp3) is 0.357. The second kappa shape index (κ2) is 6.61. The molecule has 2 N–H and O–H groups in total. The second-order valence-corrected chi connectivity index (χ2v) is 5.56. The number of nitrogens with zero attached hydrogens (tertiary/aromatic N) is 2. The summed E-state index contributed by atoms with van der Waals surface area (Å²) in [5.41, 5.74) is 8.23. The highest BCUT2D eigenvalue weighted by molar-refractivity contribution is 7.98. The minimum atomic E-state index is 0.307. The molecule has 3 nitrogen and oxygen atoms in total. The van der Waals surface area contributed by atoms with E-state index in [2.05, 4.69) is 36.2 Å². The van der Waals surface area contributed by atoms with Crippen LogP contribution in [0, 0.1) is 0 Å². The summed E-state index contributed by atoms with van der Waals surface area (Å²) in [5, 5.41) is 0. The predicted molar refractivity (Wildman–Crippen MR) is 78.0 cm³/mol. The van der Waals surface area contributed by atoms with Crippen molar-refractivity contribution >= 4 is 11.8 Å². The highest BCUT2D eigenvalue weighted by Gasteiger charge is 1.98. The number of hydrogen-bond acceptors (Lipinski definition) is 3. The second-order valence-electron chi connectivity index (χ2n) is 4.45. The molecule has 0 spiro atoms. The minimum absolute atomic E-state index is 0.307. The number of nitrogens with two attached hydrogens (primary N) is 1. The largest absolute Gasteiger partial charge is 0.328 e. The van der Waals surface area contributed by atoms with Gasteiger partial charge in [-0.1, -0.05) is 12.1 Å². The van der Waals surface area contributed by atoms with E-state index in [4.69, 9.17) is 5.73 Å².